The van der Waals surface area contributed by atoms with Gasteiger partial charge in [-0.25, -0.2) is 0 Å². The molecule has 0 fully saturated rings. The van der Waals surface area contributed by atoms with Gasteiger partial charge in [0.05, 0.1) is 19.8 Å². The van der Waals surface area contributed by atoms with Gasteiger partial charge in [0.15, 0.2) is 0 Å². The number of aliphatic hydroxyl groups excluding tert-OH is 1. The highest BCUT2D eigenvalue weighted by Gasteiger charge is 1.94. The van der Waals surface area contributed by atoms with Gasteiger partial charge in [-0.2, -0.15) is 0 Å². The molecule has 0 aromatic heterocycles. The van der Waals surface area contributed by atoms with Crippen LogP contribution in [-0.2, 0) is 4.74 Å². The van der Waals surface area contributed by atoms with E-state index in [0.29, 0.717) is 26.4 Å². The van der Waals surface area contributed by atoms with E-state index in [9.17, 15) is 0 Å². The summed E-state index contributed by atoms with van der Waals surface area (Å²) in [5, 5.41) is 11.6. The molecule has 5 heteroatoms. The molecule has 1 aromatic rings. The molecule has 2 N–H and O–H groups in total. The fraction of sp³-hybridized carbons (Fsp3) is 0.500. The van der Waals surface area contributed by atoms with E-state index in [0.717, 1.165) is 12.3 Å². The molecule has 0 aliphatic rings. The third-order valence-corrected chi connectivity index (χ3v) is 2.74. The number of nitrogens with one attached hydrogen (secondary N) is 1. The van der Waals surface area contributed by atoms with E-state index in [1.54, 1.807) is 0 Å². The van der Waals surface area contributed by atoms with Gasteiger partial charge in [-0.1, -0.05) is 0 Å². The Morgan fingerprint density at radius 3 is 2.53 bits per heavy atom. The molecule has 0 amide bonds. The minimum atomic E-state index is 0.163. The van der Waals surface area contributed by atoms with Crippen LogP contribution in [-0.4, -0.2) is 44.6 Å². The second kappa shape index (κ2) is 9.64. The summed E-state index contributed by atoms with van der Waals surface area (Å²) >= 11 is 2.26. The number of halogens is 1. The molecule has 0 atom stereocenters. The monoisotopic (exact) mass is 351 g/mol. The van der Waals surface area contributed by atoms with E-state index in [1.165, 1.54) is 3.57 Å². The van der Waals surface area contributed by atoms with Crippen LogP contribution in [0.15, 0.2) is 24.3 Å². The molecular weight excluding hydrogens is 333 g/mol. The molecule has 0 spiro atoms. The Morgan fingerprint density at radius 1 is 1.06 bits per heavy atom. The molecule has 0 saturated heterocycles. The summed E-state index contributed by atoms with van der Waals surface area (Å²) in [6.07, 6.45) is 0. The minimum absolute atomic E-state index is 0.163. The van der Waals surface area contributed by atoms with Gasteiger partial charge in [0.25, 0.3) is 0 Å². The average molecular weight is 351 g/mol. The standard InChI is InChI=1S/C12H18INO3/c13-11-1-3-12(4-2-11)17-10-9-16-8-6-14-5-7-15/h1-4,14-15H,5-10H2. The third-order valence-electron chi connectivity index (χ3n) is 2.02. The molecule has 0 aliphatic carbocycles. The van der Waals surface area contributed by atoms with Crippen molar-refractivity contribution in [2.24, 2.45) is 0 Å². The summed E-state index contributed by atoms with van der Waals surface area (Å²) in [7, 11) is 0. The van der Waals surface area contributed by atoms with Crippen LogP contribution < -0.4 is 10.1 Å². The Labute approximate surface area is 115 Å². The highest BCUT2D eigenvalue weighted by Crippen LogP contribution is 2.12. The number of hydrogen-bond acceptors (Lipinski definition) is 4. The Balaban J connectivity index is 1.95. The predicted octanol–water partition coefficient (Wildman–Crippen LogP) is 1.27. The van der Waals surface area contributed by atoms with Gasteiger partial charge in [-0.15, -0.1) is 0 Å². The first-order valence-corrected chi connectivity index (χ1v) is 6.68. The normalized spacial score (nSPS) is 10.5. The van der Waals surface area contributed by atoms with E-state index in [-0.39, 0.29) is 6.61 Å². The van der Waals surface area contributed by atoms with Gasteiger partial charge in [-0.3, -0.25) is 0 Å². The minimum Gasteiger partial charge on any atom is -0.491 e. The Kier molecular flexibility index (Phi) is 8.33. The number of aliphatic hydroxyl groups is 1. The third kappa shape index (κ3) is 7.54. The highest BCUT2D eigenvalue weighted by molar-refractivity contribution is 14.1. The Hall–Kier alpha value is -0.370. The van der Waals surface area contributed by atoms with E-state index < -0.39 is 0 Å². The lowest BCUT2D eigenvalue weighted by molar-refractivity contribution is 0.101. The number of ether oxygens (including phenoxy) is 2. The van der Waals surface area contributed by atoms with E-state index in [1.807, 2.05) is 24.3 Å². The van der Waals surface area contributed by atoms with Crippen molar-refractivity contribution >= 4 is 22.6 Å². The summed E-state index contributed by atoms with van der Waals surface area (Å²) in [5.41, 5.74) is 0. The predicted molar refractivity (Wildman–Crippen MR) is 75.4 cm³/mol. The van der Waals surface area contributed by atoms with Crippen molar-refractivity contribution in [1.29, 1.82) is 0 Å². The van der Waals surface area contributed by atoms with Crippen LogP contribution in [0.5, 0.6) is 5.75 Å². The van der Waals surface area contributed by atoms with Gasteiger partial charge in [0.2, 0.25) is 0 Å². The van der Waals surface area contributed by atoms with Crippen molar-refractivity contribution < 1.29 is 14.6 Å². The van der Waals surface area contributed by atoms with Crippen molar-refractivity contribution in [2.45, 2.75) is 0 Å². The SMILES string of the molecule is OCCNCCOCCOc1ccc(I)cc1. The van der Waals surface area contributed by atoms with Crippen LogP contribution >= 0.6 is 22.6 Å². The van der Waals surface area contributed by atoms with Gasteiger partial charge in [0, 0.05) is 16.7 Å². The largest absolute Gasteiger partial charge is 0.491 e. The molecular formula is C12H18INO3. The summed E-state index contributed by atoms with van der Waals surface area (Å²) in [4.78, 5) is 0. The summed E-state index contributed by atoms with van der Waals surface area (Å²) in [6, 6.07) is 7.92. The van der Waals surface area contributed by atoms with Gasteiger partial charge >= 0.3 is 0 Å². The van der Waals surface area contributed by atoms with Crippen molar-refractivity contribution in [1.82, 2.24) is 5.32 Å². The maximum Gasteiger partial charge on any atom is 0.119 e. The molecule has 1 aromatic carbocycles. The topological polar surface area (TPSA) is 50.7 Å². The van der Waals surface area contributed by atoms with Crippen molar-refractivity contribution in [2.75, 3.05) is 39.5 Å². The van der Waals surface area contributed by atoms with Crippen molar-refractivity contribution in [3.63, 3.8) is 0 Å². The van der Waals surface area contributed by atoms with E-state index in [4.69, 9.17) is 14.6 Å². The maximum atomic E-state index is 8.53. The molecule has 96 valence electrons. The first kappa shape index (κ1) is 14.7. The zero-order valence-corrected chi connectivity index (χ0v) is 11.9. The van der Waals surface area contributed by atoms with Crippen LogP contribution in [0, 0.1) is 3.57 Å². The lowest BCUT2D eigenvalue weighted by atomic mass is 10.3. The molecule has 17 heavy (non-hydrogen) atoms. The fourth-order valence-electron chi connectivity index (χ4n) is 1.20. The summed E-state index contributed by atoms with van der Waals surface area (Å²) < 4.78 is 12.1. The van der Waals surface area contributed by atoms with Crippen LogP contribution in [0.2, 0.25) is 0 Å². The molecule has 0 aliphatic heterocycles. The van der Waals surface area contributed by atoms with Crippen LogP contribution in [0.3, 0.4) is 0 Å². The smallest absolute Gasteiger partial charge is 0.119 e. The molecule has 0 bridgehead atoms. The van der Waals surface area contributed by atoms with Crippen molar-refractivity contribution in [3.05, 3.63) is 27.8 Å². The van der Waals surface area contributed by atoms with Crippen molar-refractivity contribution in [3.8, 4) is 5.75 Å². The molecule has 0 unspecified atom stereocenters. The number of benzene rings is 1. The molecule has 0 saturated carbocycles. The molecule has 0 radical (unpaired) electrons. The highest BCUT2D eigenvalue weighted by atomic mass is 127. The van der Waals surface area contributed by atoms with E-state index >= 15 is 0 Å². The van der Waals surface area contributed by atoms with E-state index in [2.05, 4.69) is 27.9 Å². The Bertz CT molecular complexity index is 292. The van der Waals surface area contributed by atoms with Crippen LogP contribution in [0.4, 0.5) is 0 Å². The zero-order valence-electron chi connectivity index (χ0n) is 9.69. The summed E-state index contributed by atoms with van der Waals surface area (Å²) in [5.74, 6) is 0.868. The fourth-order valence-corrected chi connectivity index (χ4v) is 1.56. The lowest BCUT2D eigenvalue weighted by Crippen LogP contribution is -2.23. The number of rotatable bonds is 9. The average Bonchev–Trinajstić information content (AvgIpc) is 2.35. The zero-order chi connectivity index (χ0) is 12.3. The lowest BCUT2D eigenvalue weighted by Gasteiger charge is -2.07. The number of hydrogen-bond donors (Lipinski definition) is 2. The van der Waals surface area contributed by atoms with Gasteiger partial charge in [0.1, 0.15) is 12.4 Å². The molecule has 1 rings (SSSR count). The van der Waals surface area contributed by atoms with Gasteiger partial charge < -0.3 is 19.9 Å². The quantitative estimate of drug-likeness (QED) is 0.520. The molecule has 0 heterocycles. The molecule has 4 nitrogen and oxygen atoms in total. The second-order valence-corrected chi connectivity index (χ2v) is 4.63. The summed E-state index contributed by atoms with van der Waals surface area (Å²) in [6.45, 7) is 3.30. The van der Waals surface area contributed by atoms with Gasteiger partial charge in [-0.05, 0) is 46.9 Å². The second-order valence-electron chi connectivity index (χ2n) is 3.39. The first-order valence-electron chi connectivity index (χ1n) is 5.60. The van der Waals surface area contributed by atoms with Crippen LogP contribution in [0.1, 0.15) is 0 Å². The first-order chi connectivity index (χ1) is 8.33. The Morgan fingerprint density at radius 2 is 1.82 bits per heavy atom. The van der Waals surface area contributed by atoms with Crippen LogP contribution in [0.25, 0.3) is 0 Å². The maximum absolute atomic E-state index is 8.53.